The lowest BCUT2D eigenvalue weighted by molar-refractivity contribution is 0.0585. The number of carbonyl (C=O) groups excluding carboxylic acids is 1. The quantitative estimate of drug-likeness (QED) is 0.759. The molecular formula is C14H22IN3O. The third-order valence-corrected chi connectivity index (χ3v) is 4.34. The van der Waals surface area contributed by atoms with Gasteiger partial charge in [-0.2, -0.15) is 0 Å². The van der Waals surface area contributed by atoms with Crippen LogP contribution in [0.25, 0.3) is 0 Å². The van der Waals surface area contributed by atoms with Crippen LogP contribution in [0.5, 0.6) is 0 Å². The van der Waals surface area contributed by atoms with Crippen LogP contribution in [-0.2, 0) is 6.54 Å². The Morgan fingerprint density at radius 1 is 1.32 bits per heavy atom. The molecule has 0 spiro atoms. The second kappa shape index (κ2) is 6.26. The minimum absolute atomic E-state index is 0.174. The Morgan fingerprint density at radius 2 is 1.95 bits per heavy atom. The van der Waals surface area contributed by atoms with Gasteiger partial charge in [-0.05, 0) is 49.4 Å². The molecule has 2 rings (SSSR count). The summed E-state index contributed by atoms with van der Waals surface area (Å²) in [6, 6.07) is 2.55. The van der Waals surface area contributed by atoms with Crippen molar-refractivity contribution in [2.75, 3.05) is 26.2 Å². The first-order valence-electron chi connectivity index (χ1n) is 6.92. The van der Waals surface area contributed by atoms with Crippen LogP contribution < -0.4 is 0 Å². The maximum Gasteiger partial charge on any atom is 0.270 e. The molecule has 4 nitrogen and oxygen atoms in total. The van der Waals surface area contributed by atoms with E-state index in [4.69, 9.17) is 0 Å². The molecule has 1 aromatic rings. The number of hydrogen-bond acceptors (Lipinski definition) is 2. The van der Waals surface area contributed by atoms with E-state index in [0.29, 0.717) is 6.04 Å². The maximum atomic E-state index is 12.6. The van der Waals surface area contributed by atoms with Gasteiger partial charge in [-0.3, -0.25) is 9.69 Å². The Morgan fingerprint density at radius 3 is 2.47 bits per heavy atom. The van der Waals surface area contributed by atoms with Crippen LogP contribution in [0.4, 0.5) is 0 Å². The zero-order chi connectivity index (χ0) is 14.0. The lowest BCUT2D eigenvalue weighted by Crippen LogP contribution is -2.51. The molecule has 2 heterocycles. The van der Waals surface area contributed by atoms with Crippen LogP contribution in [0.2, 0.25) is 0 Å². The summed E-state index contributed by atoms with van der Waals surface area (Å²) < 4.78 is 3.17. The Labute approximate surface area is 128 Å². The average Bonchev–Trinajstić information content (AvgIpc) is 2.79. The predicted octanol–water partition coefficient (Wildman–Crippen LogP) is 2.28. The van der Waals surface area contributed by atoms with Gasteiger partial charge < -0.3 is 9.47 Å². The molecule has 1 aromatic heterocycles. The lowest BCUT2D eigenvalue weighted by atomic mass is 10.2. The van der Waals surface area contributed by atoms with Crippen LogP contribution in [0.3, 0.4) is 0 Å². The Kier molecular flexibility index (Phi) is 4.89. The van der Waals surface area contributed by atoms with Crippen molar-refractivity contribution in [3.8, 4) is 0 Å². The fraction of sp³-hybridized carbons (Fsp3) is 0.643. The molecule has 1 aliphatic rings. The fourth-order valence-electron chi connectivity index (χ4n) is 2.52. The Bertz CT molecular complexity index is 448. The Balaban J connectivity index is 2.05. The lowest BCUT2D eigenvalue weighted by Gasteiger charge is -2.37. The summed E-state index contributed by atoms with van der Waals surface area (Å²) in [6.45, 7) is 11.0. The van der Waals surface area contributed by atoms with E-state index in [0.717, 1.165) is 42.0 Å². The number of halogens is 1. The highest BCUT2D eigenvalue weighted by Gasteiger charge is 2.25. The number of amides is 1. The molecule has 0 radical (unpaired) electrons. The highest BCUT2D eigenvalue weighted by atomic mass is 127. The van der Waals surface area contributed by atoms with E-state index in [2.05, 4.69) is 48.3 Å². The first-order chi connectivity index (χ1) is 9.02. The van der Waals surface area contributed by atoms with E-state index in [1.807, 2.05) is 21.7 Å². The molecule has 0 bridgehead atoms. The van der Waals surface area contributed by atoms with Gasteiger partial charge in [0.05, 0.1) is 0 Å². The number of aromatic nitrogens is 1. The van der Waals surface area contributed by atoms with Crippen molar-refractivity contribution < 1.29 is 4.79 Å². The third kappa shape index (κ3) is 3.31. The zero-order valence-electron chi connectivity index (χ0n) is 11.9. The van der Waals surface area contributed by atoms with E-state index in [1.165, 1.54) is 0 Å². The monoisotopic (exact) mass is 375 g/mol. The zero-order valence-corrected chi connectivity index (χ0v) is 14.1. The molecule has 1 amide bonds. The van der Waals surface area contributed by atoms with E-state index in [1.54, 1.807) is 0 Å². The van der Waals surface area contributed by atoms with Gasteiger partial charge in [-0.15, -0.1) is 0 Å². The first kappa shape index (κ1) is 14.8. The second-order valence-electron chi connectivity index (χ2n) is 5.25. The number of hydrogen-bond donors (Lipinski definition) is 0. The highest BCUT2D eigenvalue weighted by molar-refractivity contribution is 14.1. The van der Waals surface area contributed by atoms with E-state index in [9.17, 15) is 4.79 Å². The molecule has 0 unspecified atom stereocenters. The van der Waals surface area contributed by atoms with Crippen molar-refractivity contribution in [3.63, 3.8) is 0 Å². The molecule has 1 fully saturated rings. The molecule has 0 N–H and O–H groups in total. The van der Waals surface area contributed by atoms with Gasteiger partial charge >= 0.3 is 0 Å². The van der Waals surface area contributed by atoms with Gasteiger partial charge in [0.1, 0.15) is 5.69 Å². The molecule has 5 heteroatoms. The van der Waals surface area contributed by atoms with Crippen molar-refractivity contribution in [1.29, 1.82) is 0 Å². The van der Waals surface area contributed by atoms with Gasteiger partial charge in [-0.1, -0.05) is 0 Å². The maximum absolute atomic E-state index is 12.6. The van der Waals surface area contributed by atoms with Crippen LogP contribution in [0, 0.1) is 3.57 Å². The van der Waals surface area contributed by atoms with Crippen LogP contribution >= 0.6 is 22.6 Å². The number of nitrogens with zero attached hydrogens (tertiary/aromatic N) is 3. The summed E-state index contributed by atoms with van der Waals surface area (Å²) in [5.41, 5.74) is 0.824. The van der Waals surface area contributed by atoms with Crippen LogP contribution in [-0.4, -0.2) is 52.5 Å². The van der Waals surface area contributed by atoms with Crippen molar-refractivity contribution in [3.05, 3.63) is 21.5 Å². The summed E-state index contributed by atoms with van der Waals surface area (Å²) >= 11 is 2.27. The average molecular weight is 375 g/mol. The van der Waals surface area contributed by atoms with Gasteiger partial charge in [0, 0.05) is 48.5 Å². The second-order valence-corrected chi connectivity index (χ2v) is 6.50. The largest absolute Gasteiger partial charge is 0.343 e. The summed E-state index contributed by atoms with van der Waals surface area (Å²) in [4.78, 5) is 17.0. The number of carbonyl (C=O) groups is 1. The van der Waals surface area contributed by atoms with Crippen LogP contribution in [0.15, 0.2) is 12.3 Å². The molecule has 1 saturated heterocycles. The minimum Gasteiger partial charge on any atom is -0.343 e. The van der Waals surface area contributed by atoms with Crippen LogP contribution in [0.1, 0.15) is 31.3 Å². The molecular weight excluding hydrogens is 353 g/mol. The van der Waals surface area contributed by atoms with Crippen molar-refractivity contribution in [1.82, 2.24) is 14.4 Å². The van der Waals surface area contributed by atoms with Crippen molar-refractivity contribution >= 4 is 28.5 Å². The van der Waals surface area contributed by atoms with E-state index in [-0.39, 0.29) is 5.91 Å². The van der Waals surface area contributed by atoms with Gasteiger partial charge in [0.25, 0.3) is 5.91 Å². The number of rotatable bonds is 3. The SMILES string of the molecule is CCn1cc(I)cc1C(=O)N1CCN(C(C)C)CC1. The normalized spacial score (nSPS) is 17.2. The summed E-state index contributed by atoms with van der Waals surface area (Å²) in [5.74, 6) is 0.174. The molecule has 0 saturated carbocycles. The molecule has 19 heavy (non-hydrogen) atoms. The van der Waals surface area contributed by atoms with E-state index >= 15 is 0 Å². The third-order valence-electron chi connectivity index (χ3n) is 3.75. The Hall–Kier alpha value is -0.560. The van der Waals surface area contributed by atoms with E-state index < -0.39 is 0 Å². The summed E-state index contributed by atoms with van der Waals surface area (Å²) in [6.07, 6.45) is 2.04. The molecule has 1 aliphatic heterocycles. The first-order valence-corrected chi connectivity index (χ1v) is 7.99. The van der Waals surface area contributed by atoms with Gasteiger partial charge in [0.15, 0.2) is 0 Å². The molecule has 0 aromatic carbocycles. The highest BCUT2D eigenvalue weighted by Crippen LogP contribution is 2.15. The summed E-state index contributed by atoms with van der Waals surface area (Å²) in [5, 5.41) is 0. The van der Waals surface area contributed by atoms with Gasteiger partial charge in [0.2, 0.25) is 0 Å². The summed E-state index contributed by atoms with van der Waals surface area (Å²) in [7, 11) is 0. The topological polar surface area (TPSA) is 28.5 Å². The molecule has 0 atom stereocenters. The number of aryl methyl sites for hydroxylation is 1. The minimum atomic E-state index is 0.174. The smallest absolute Gasteiger partial charge is 0.270 e. The standard InChI is InChI=1S/C14H22IN3O/c1-4-16-10-12(15)9-13(16)14(19)18-7-5-17(6-8-18)11(2)3/h9-11H,4-8H2,1-3H3. The molecule has 0 aliphatic carbocycles. The predicted molar refractivity (Wildman–Crippen MR) is 85.4 cm³/mol. The van der Waals surface area contributed by atoms with Crippen molar-refractivity contribution in [2.24, 2.45) is 0 Å². The van der Waals surface area contributed by atoms with Crippen molar-refractivity contribution in [2.45, 2.75) is 33.4 Å². The number of piperazine rings is 1. The molecule has 106 valence electrons. The van der Waals surface area contributed by atoms with Gasteiger partial charge in [-0.25, -0.2) is 0 Å². The fourth-order valence-corrected chi connectivity index (χ4v) is 3.15.